The molecular formula is C16H12ClIN2O. The van der Waals surface area contributed by atoms with E-state index in [2.05, 4.69) is 27.7 Å². The number of halogens is 2. The highest BCUT2D eigenvalue weighted by molar-refractivity contribution is 14.1. The Hall–Kier alpha value is -1.40. The van der Waals surface area contributed by atoms with Gasteiger partial charge in [0, 0.05) is 26.6 Å². The van der Waals surface area contributed by atoms with Crippen LogP contribution in [0.4, 0.5) is 0 Å². The number of hydrogen-bond donors (Lipinski definition) is 0. The minimum atomic E-state index is 0.0331. The van der Waals surface area contributed by atoms with Crippen LogP contribution in [-0.4, -0.2) is 15.6 Å². The maximum Gasteiger partial charge on any atom is 0.170 e. The number of aryl methyl sites for hydroxylation is 1. The predicted molar refractivity (Wildman–Crippen MR) is 92.9 cm³/mol. The number of nitrogens with zero attached hydrogens (tertiary/aromatic N) is 2. The third-order valence-corrected chi connectivity index (χ3v) is 4.57. The Morgan fingerprint density at radius 2 is 2.05 bits per heavy atom. The molecule has 3 aromatic rings. The molecule has 0 bridgehead atoms. The largest absolute Gasteiger partial charge is 0.294 e. The molecule has 0 unspecified atom stereocenters. The van der Waals surface area contributed by atoms with Gasteiger partial charge in [-0.25, -0.2) is 0 Å². The number of hydrogen-bond acceptors (Lipinski definition) is 2. The van der Waals surface area contributed by atoms with E-state index in [-0.39, 0.29) is 12.2 Å². The number of para-hydroxylation sites is 1. The zero-order chi connectivity index (χ0) is 15.0. The number of aromatic nitrogens is 2. The number of Topliss-reactive ketones (excluding diaryl/α,β-unsaturated/α-hetero) is 1. The minimum Gasteiger partial charge on any atom is -0.294 e. The number of carbonyl (C=O) groups is 1. The highest BCUT2D eigenvalue weighted by atomic mass is 127. The summed E-state index contributed by atoms with van der Waals surface area (Å²) in [5, 5.41) is 6.06. The molecule has 0 spiro atoms. The van der Waals surface area contributed by atoms with Crippen LogP contribution in [0.25, 0.3) is 10.9 Å². The van der Waals surface area contributed by atoms with Crippen molar-refractivity contribution < 1.29 is 4.79 Å². The van der Waals surface area contributed by atoms with Crippen LogP contribution in [0.5, 0.6) is 0 Å². The number of rotatable bonds is 3. The summed E-state index contributed by atoms with van der Waals surface area (Å²) in [5.74, 6) is 0.0331. The molecule has 0 radical (unpaired) electrons. The summed E-state index contributed by atoms with van der Waals surface area (Å²) in [6.45, 7) is 0. The Kier molecular flexibility index (Phi) is 3.99. The van der Waals surface area contributed by atoms with E-state index in [1.54, 1.807) is 16.8 Å². The highest BCUT2D eigenvalue weighted by Gasteiger charge is 2.16. The van der Waals surface area contributed by atoms with Crippen molar-refractivity contribution in [3.05, 3.63) is 62.3 Å². The lowest BCUT2D eigenvalue weighted by molar-refractivity contribution is 0.0991. The fraction of sp³-hybridized carbons (Fsp3) is 0.125. The molecule has 5 heteroatoms. The maximum atomic E-state index is 12.5. The first kappa shape index (κ1) is 14.5. The summed E-state index contributed by atoms with van der Waals surface area (Å²) >= 11 is 8.14. The van der Waals surface area contributed by atoms with E-state index in [9.17, 15) is 4.79 Å². The number of ketones is 1. The lowest BCUT2D eigenvalue weighted by Gasteiger charge is -2.03. The van der Waals surface area contributed by atoms with Crippen molar-refractivity contribution in [2.45, 2.75) is 6.42 Å². The molecule has 1 aromatic heterocycles. The summed E-state index contributed by atoms with van der Waals surface area (Å²) < 4.78 is 2.71. The zero-order valence-electron chi connectivity index (χ0n) is 11.3. The van der Waals surface area contributed by atoms with Gasteiger partial charge in [-0.2, -0.15) is 5.10 Å². The number of fused-ring (bicyclic) bond motifs is 1. The van der Waals surface area contributed by atoms with E-state index in [0.29, 0.717) is 10.6 Å². The lowest BCUT2D eigenvalue weighted by atomic mass is 10.0. The Morgan fingerprint density at radius 1 is 1.29 bits per heavy atom. The monoisotopic (exact) mass is 410 g/mol. The summed E-state index contributed by atoms with van der Waals surface area (Å²) in [6.07, 6.45) is 0.275. The van der Waals surface area contributed by atoms with Crippen molar-refractivity contribution >= 4 is 50.9 Å². The van der Waals surface area contributed by atoms with E-state index >= 15 is 0 Å². The molecule has 3 rings (SSSR count). The van der Waals surface area contributed by atoms with E-state index < -0.39 is 0 Å². The molecule has 0 N–H and O–H groups in total. The molecule has 0 saturated heterocycles. The summed E-state index contributed by atoms with van der Waals surface area (Å²) in [7, 11) is 1.89. The first-order chi connectivity index (χ1) is 10.1. The third-order valence-electron chi connectivity index (χ3n) is 3.39. The molecule has 21 heavy (non-hydrogen) atoms. The van der Waals surface area contributed by atoms with Crippen LogP contribution in [0.15, 0.2) is 42.5 Å². The second kappa shape index (κ2) is 5.77. The van der Waals surface area contributed by atoms with Crippen LogP contribution < -0.4 is 0 Å². The second-order valence-electron chi connectivity index (χ2n) is 4.81. The molecule has 0 aliphatic rings. The first-order valence-corrected chi connectivity index (χ1v) is 7.91. The third kappa shape index (κ3) is 2.82. The molecule has 2 aromatic carbocycles. The van der Waals surface area contributed by atoms with Gasteiger partial charge >= 0.3 is 0 Å². The quantitative estimate of drug-likeness (QED) is 0.478. The molecule has 0 amide bonds. The van der Waals surface area contributed by atoms with Crippen molar-refractivity contribution in [2.24, 2.45) is 7.05 Å². The van der Waals surface area contributed by atoms with Gasteiger partial charge in [0.25, 0.3) is 0 Å². The lowest BCUT2D eigenvalue weighted by Crippen LogP contribution is -2.07. The average Bonchev–Trinajstić information content (AvgIpc) is 2.78. The van der Waals surface area contributed by atoms with Crippen molar-refractivity contribution in [1.82, 2.24) is 9.78 Å². The molecule has 0 fully saturated rings. The molecule has 1 heterocycles. The summed E-state index contributed by atoms with van der Waals surface area (Å²) in [5.41, 5.74) is 2.48. The van der Waals surface area contributed by atoms with Gasteiger partial charge in [0.2, 0.25) is 0 Å². The van der Waals surface area contributed by atoms with Crippen molar-refractivity contribution in [3.8, 4) is 0 Å². The Bertz CT molecular complexity index is 841. The van der Waals surface area contributed by atoms with E-state index in [1.807, 2.05) is 37.4 Å². The van der Waals surface area contributed by atoms with Crippen LogP contribution in [0.1, 0.15) is 16.1 Å². The fourth-order valence-electron chi connectivity index (χ4n) is 2.38. The Labute approximate surface area is 141 Å². The van der Waals surface area contributed by atoms with Gasteiger partial charge in [0.05, 0.1) is 17.6 Å². The van der Waals surface area contributed by atoms with Gasteiger partial charge in [-0.3, -0.25) is 9.48 Å². The number of benzene rings is 2. The molecule has 106 valence electrons. The predicted octanol–water partition coefficient (Wildman–Crippen LogP) is 4.26. The SMILES string of the molecule is Cn1nc(CC(=O)c2cc(Cl)ccc2I)c2ccccc21. The Morgan fingerprint density at radius 3 is 2.86 bits per heavy atom. The minimum absolute atomic E-state index is 0.0331. The Balaban J connectivity index is 1.99. The van der Waals surface area contributed by atoms with Gasteiger partial charge < -0.3 is 0 Å². The van der Waals surface area contributed by atoms with E-state index in [4.69, 9.17) is 11.6 Å². The average molecular weight is 411 g/mol. The smallest absolute Gasteiger partial charge is 0.170 e. The first-order valence-electron chi connectivity index (χ1n) is 6.45. The van der Waals surface area contributed by atoms with Crippen molar-refractivity contribution in [2.75, 3.05) is 0 Å². The van der Waals surface area contributed by atoms with Crippen LogP contribution in [-0.2, 0) is 13.5 Å². The van der Waals surface area contributed by atoms with Crippen molar-refractivity contribution in [3.63, 3.8) is 0 Å². The molecule has 0 aliphatic heterocycles. The van der Waals surface area contributed by atoms with Gasteiger partial charge in [0.15, 0.2) is 5.78 Å². The summed E-state index contributed by atoms with van der Waals surface area (Å²) in [4.78, 5) is 12.5. The van der Waals surface area contributed by atoms with Crippen LogP contribution in [0, 0.1) is 3.57 Å². The second-order valence-corrected chi connectivity index (χ2v) is 6.41. The van der Waals surface area contributed by atoms with Gasteiger partial charge in [-0.05, 0) is 46.9 Å². The molecule has 3 nitrogen and oxygen atoms in total. The molecule has 0 atom stereocenters. The van der Waals surface area contributed by atoms with Crippen LogP contribution >= 0.6 is 34.2 Å². The highest BCUT2D eigenvalue weighted by Crippen LogP contribution is 2.22. The molecule has 0 saturated carbocycles. The molecule has 0 aliphatic carbocycles. The van der Waals surface area contributed by atoms with Crippen molar-refractivity contribution in [1.29, 1.82) is 0 Å². The van der Waals surface area contributed by atoms with E-state index in [0.717, 1.165) is 20.2 Å². The number of carbonyl (C=O) groups excluding carboxylic acids is 1. The van der Waals surface area contributed by atoms with Gasteiger partial charge in [0.1, 0.15) is 0 Å². The van der Waals surface area contributed by atoms with Gasteiger partial charge in [-0.1, -0.05) is 29.8 Å². The van der Waals surface area contributed by atoms with Crippen LogP contribution in [0.3, 0.4) is 0 Å². The van der Waals surface area contributed by atoms with Crippen LogP contribution in [0.2, 0.25) is 5.02 Å². The zero-order valence-corrected chi connectivity index (χ0v) is 14.2. The van der Waals surface area contributed by atoms with Gasteiger partial charge in [-0.15, -0.1) is 0 Å². The molecular weight excluding hydrogens is 399 g/mol. The normalized spacial score (nSPS) is 11.0. The maximum absolute atomic E-state index is 12.5. The summed E-state index contributed by atoms with van der Waals surface area (Å²) in [6, 6.07) is 13.3. The van der Waals surface area contributed by atoms with E-state index in [1.165, 1.54) is 0 Å². The fourth-order valence-corrected chi connectivity index (χ4v) is 3.19. The topological polar surface area (TPSA) is 34.9 Å². The standard InChI is InChI=1S/C16H12ClIN2O/c1-20-15-5-3-2-4-11(15)14(19-20)9-16(21)12-8-10(17)6-7-13(12)18/h2-8H,9H2,1H3.